The number of para-hydroxylation sites is 3. The van der Waals surface area contributed by atoms with Gasteiger partial charge in [-0.25, -0.2) is 0 Å². The summed E-state index contributed by atoms with van der Waals surface area (Å²) < 4.78 is 2.39. The van der Waals surface area contributed by atoms with Gasteiger partial charge in [-0.2, -0.15) is 0 Å². The van der Waals surface area contributed by atoms with E-state index in [1.54, 1.807) is 0 Å². The van der Waals surface area contributed by atoms with Crippen molar-refractivity contribution in [3.05, 3.63) is 115 Å². The van der Waals surface area contributed by atoms with Gasteiger partial charge in [0, 0.05) is 38.3 Å². The third-order valence-electron chi connectivity index (χ3n) is 7.29. The van der Waals surface area contributed by atoms with Crippen LogP contribution in [-0.4, -0.2) is 9.55 Å². The van der Waals surface area contributed by atoms with E-state index < -0.39 is 0 Å². The summed E-state index contributed by atoms with van der Waals surface area (Å²) in [6, 6.07) is 41.8. The molecule has 2 aromatic heterocycles. The van der Waals surface area contributed by atoms with Crippen LogP contribution in [0.15, 0.2) is 115 Å². The predicted molar refractivity (Wildman–Crippen MR) is 145 cm³/mol. The summed E-state index contributed by atoms with van der Waals surface area (Å²) in [6.45, 7) is 0. The largest absolute Gasteiger partial charge is 0.354 e. The number of H-pyrrole nitrogens is 1. The van der Waals surface area contributed by atoms with Gasteiger partial charge in [-0.1, -0.05) is 72.8 Å². The molecule has 2 heterocycles. The maximum Gasteiger partial charge on any atom is 0.0547 e. The lowest BCUT2D eigenvalue weighted by atomic mass is 9.97. The minimum atomic E-state index is 1.19. The van der Waals surface area contributed by atoms with Crippen LogP contribution in [0.2, 0.25) is 0 Å². The molecule has 34 heavy (non-hydrogen) atoms. The van der Waals surface area contributed by atoms with E-state index in [1.807, 2.05) is 0 Å². The molecule has 0 aliphatic carbocycles. The quantitative estimate of drug-likeness (QED) is 0.250. The van der Waals surface area contributed by atoms with Crippen LogP contribution < -0.4 is 0 Å². The van der Waals surface area contributed by atoms with Crippen molar-refractivity contribution in [2.75, 3.05) is 0 Å². The van der Waals surface area contributed by atoms with Crippen LogP contribution in [0.4, 0.5) is 0 Å². The number of rotatable bonds is 1. The number of aromatic nitrogens is 2. The van der Waals surface area contributed by atoms with Crippen molar-refractivity contribution in [2.45, 2.75) is 0 Å². The Labute approximate surface area is 195 Å². The van der Waals surface area contributed by atoms with Gasteiger partial charge in [0.25, 0.3) is 0 Å². The molecular formula is C32H20N2. The summed E-state index contributed by atoms with van der Waals surface area (Å²) in [5.74, 6) is 0. The molecule has 0 aliphatic heterocycles. The first kappa shape index (κ1) is 17.9. The fourth-order valence-corrected chi connectivity index (χ4v) is 5.81. The van der Waals surface area contributed by atoms with Gasteiger partial charge < -0.3 is 9.55 Å². The highest BCUT2D eigenvalue weighted by atomic mass is 15.0. The zero-order valence-electron chi connectivity index (χ0n) is 18.4. The van der Waals surface area contributed by atoms with Gasteiger partial charge >= 0.3 is 0 Å². The number of fused-ring (bicyclic) bond motifs is 10. The number of nitrogens with zero attached hydrogens (tertiary/aromatic N) is 1. The van der Waals surface area contributed by atoms with Crippen LogP contribution in [0, 0.1) is 0 Å². The molecule has 0 radical (unpaired) electrons. The van der Waals surface area contributed by atoms with Crippen molar-refractivity contribution in [2.24, 2.45) is 0 Å². The van der Waals surface area contributed by atoms with Crippen LogP contribution in [-0.2, 0) is 0 Å². The molecule has 2 heteroatoms. The van der Waals surface area contributed by atoms with Crippen LogP contribution in [0.5, 0.6) is 0 Å². The van der Waals surface area contributed by atoms with Crippen molar-refractivity contribution < 1.29 is 0 Å². The van der Waals surface area contributed by atoms with Crippen LogP contribution >= 0.6 is 0 Å². The maximum absolute atomic E-state index is 3.59. The first-order chi connectivity index (χ1) is 16.9. The average Bonchev–Trinajstić information content (AvgIpc) is 3.43. The summed E-state index contributed by atoms with van der Waals surface area (Å²) in [5.41, 5.74) is 6.05. The highest BCUT2D eigenvalue weighted by Crippen LogP contribution is 2.39. The minimum absolute atomic E-state index is 1.19. The molecule has 0 atom stereocenters. The summed E-state index contributed by atoms with van der Waals surface area (Å²) in [4.78, 5) is 3.59. The zero-order valence-corrected chi connectivity index (χ0v) is 18.4. The summed E-state index contributed by atoms with van der Waals surface area (Å²) >= 11 is 0. The van der Waals surface area contributed by atoms with Crippen molar-refractivity contribution in [1.29, 1.82) is 0 Å². The SMILES string of the molecule is c1ccc(-n2c3ccccc3c3cc4c(ccc5c4ccc4[nH]c6ccccc6c45)cc32)cc1. The van der Waals surface area contributed by atoms with E-state index >= 15 is 0 Å². The second-order valence-electron chi connectivity index (χ2n) is 9.10. The number of hydrogen-bond acceptors (Lipinski definition) is 0. The molecule has 8 rings (SSSR count). The van der Waals surface area contributed by atoms with E-state index in [2.05, 4.69) is 125 Å². The number of benzene rings is 6. The second-order valence-corrected chi connectivity index (χ2v) is 9.10. The van der Waals surface area contributed by atoms with Gasteiger partial charge in [0.05, 0.1) is 11.0 Å². The van der Waals surface area contributed by atoms with Gasteiger partial charge in [0.2, 0.25) is 0 Å². The van der Waals surface area contributed by atoms with Crippen molar-refractivity contribution >= 4 is 65.2 Å². The van der Waals surface area contributed by atoms with E-state index in [9.17, 15) is 0 Å². The standard InChI is InChI=1S/C32H20N2/c1-2-8-21(9-3-1)34-30-13-7-5-10-23(30)27-19-26-20(18-31(27)34)14-15-24-22(26)16-17-29-32(24)25-11-4-6-12-28(25)33-29/h1-19,33H. The van der Waals surface area contributed by atoms with E-state index in [1.165, 1.54) is 70.8 Å². The second kappa shape index (κ2) is 6.49. The van der Waals surface area contributed by atoms with E-state index in [0.717, 1.165) is 0 Å². The zero-order chi connectivity index (χ0) is 22.2. The summed E-state index contributed by atoms with van der Waals surface area (Å²) in [6.07, 6.45) is 0. The van der Waals surface area contributed by atoms with Crippen LogP contribution in [0.25, 0.3) is 70.8 Å². The Morgan fingerprint density at radius 1 is 0.441 bits per heavy atom. The first-order valence-electron chi connectivity index (χ1n) is 11.7. The third kappa shape index (κ3) is 2.29. The molecule has 0 saturated heterocycles. The number of nitrogens with one attached hydrogen (secondary N) is 1. The Balaban J connectivity index is 1.55. The van der Waals surface area contributed by atoms with Crippen molar-refractivity contribution in [3.63, 3.8) is 0 Å². The van der Waals surface area contributed by atoms with Crippen molar-refractivity contribution in [3.8, 4) is 5.69 Å². The lowest BCUT2D eigenvalue weighted by Crippen LogP contribution is -1.93. The summed E-state index contributed by atoms with van der Waals surface area (Å²) in [7, 11) is 0. The van der Waals surface area contributed by atoms with E-state index in [0.29, 0.717) is 0 Å². The molecule has 0 bridgehead atoms. The molecule has 0 fully saturated rings. The molecule has 158 valence electrons. The lowest BCUT2D eigenvalue weighted by Gasteiger charge is -2.10. The molecule has 2 nitrogen and oxygen atoms in total. The average molecular weight is 433 g/mol. The molecule has 0 unspecified atom stereocenters. The van der Waals surface area contributed by atoms with Gasteiger partial charge in [0.1, 0.15) is 0 Å². The summed E-state index contributed by atoms with van der Waals surface area (Å²) in [5, 5.41) is 10.3. The molecule has 0 spiro atoms. The Bertz CT molecular complexity index is 2060. The van der Waals surface area contributed by atoms with Gasteiger partial charge in [-0.05, 0) is 64.0 Å². The fraction of sp³-hybridized carbons (Fsp3) is 0. The third-order valence-corrected chi connectivity index (χ3v) is 7.29. The molecule has 0 aliphatic rings. The highest BCUT2D eigenvalue weighted by molar-refractivity contribution is 6.26. The molecule has 8 aromatic rings. The Hall–Kier alpha value is -4.56. The van der Waals surface area contributed by atoms with E-state index in [4.69, 9.17) is 0 Å². The smallest absolute Gasteiger partial charge is 0.0547 e. The lowest BCUT2D eigenvalue weighted by molar-refractivity contribution is 1.18. The molecule has 0 amide bonds. The normalized spacial score (nSPS) is 12.1. The first-order valence-corrected chi connectivity index (χ1v) is 11.7. The van der Waals surface area contributed by atoms with Gasteiger partial charge in [-0.15, -0.1) is 0 Å². The highest BCUT2D eigenvalue weighted by Gasteiger charge is 2.15. The van der Waals surface area contributed by atoms with E-state index in [-0.39, 0.29) is 0 Å². The molecule has 1 N–H and O–H groups in total. The maximum atomic E-state index is 3.59. The minimum Gasteiger partial charge on any atom is -0.354 e. The predicted octanol–water partition coefficient (Wildman–Crippen LogP) is 8.72. The van der Waals surface area contributed by atoms with Crippen LogP contribution in [0.1, 0.15) is 0 Å². The van der Waals surface area contributed by atoms with Crippen molar-refractivity contribution in [1.82, 2.24) is 9.55 Å². The fourth-order valence-electron chi connectivity index (χ4n) is 5.81. The Morgan fingerprint density at radius 3 is 2.12 bits per heavy atom. The Kier molecular flexibility index (Phi) is 3.42. The topological polar surface area (TPSA) is 20.7 Å². The Morgan fingerprint density at radius 2 is 1.21 bits per heavy atom. The molecular weight excluding hydrogens is 412 g/mol. The number of hydrogen-bond donors (Lipinski definition) is 1. The molecule has 6 aromatic carbocycles. The van der Waals surface area contributed by atoms with Gasteiger partial charge in [-0.3, -0.25) is 0 Å². The van der Waals surface area contributed by atoms with Gasteiger partial charge in [0.15, 0.2) is 0 Å². The van der Waals surface area contributed by atoms with Crippen LogP contribution in [0.3, 0.4) is 0 Å². The molecule has 0 saturated carbocycles. The monoisotopic (exact) mass is 432 g/mol. The number of aromatic amines is 1.